The number of carbonyl (C=O) groups excluding carboxylic acids is 1. The van der Waals surface area contributed by atoms with Crippen LogP contribution in [0.1, 0.15) is 31.7 Å². The molecule has 6 nitrogen and oxygen atoms in total. The molecule has 2 amide bonds. The Bertz CT molecular complexity index is 700. The van der Waals surface area contributed by atoms with Crippen molar-refractivity contribution in [3.63, 3.8) is 0 Å². The summed E-state index contributed by atoms with van der Waals surface area (Å²) >= 11 is 0. The summed E-state index contributed by atoms with van der Waals surface area (Å²) < 4.78 is 44.9. The Balaban J connectivity index is 1.61. The second kappa shape index (κ2) is 10.3. The van der Waals surface area contributed by atoms with Crippen molar-refractivity contribution >= 4 is 17.4 Å². The van der Waals surface area contributed by atoms with Crippen molar-refractivity contribution in [3.8, 4) is 0 Å². The van der Waals surface area contributed by atoms with Crippen LogP contribution in [0.3, 0.4) is 0 Å². The van der Waals surface area contributed by atoms with E-state index in [4.69, 9.17) is 4.74 Å². The van der Waals surface area contributed by atoms with Crippen LogP contribution >= 0.6 is 0 Å². The van der Waals surface area contributed by atoms with Crippen molar-refractivity contribution in [2.45, 2.75) is 32.4 Å². The number of halogens is 3. The maximum atomic E-state index is 13.2. The van der Waals surface area contributed by atoms with Crippen molar-refractivity contribution in [3.05, 3.63) is 23.8 Å². The van der Waals surface area contributed by atoms with Gasteiger partial charge in [-0.1, -0.05) is 6.92 Å². The van der Waals surface area contributed by atoms with Gasteiger partial charge in [-0.15, -0.1) is 0 Å². The van der Waals surface area contributed by atoms with Gasteiger partial charge in [-0.05, 0) is 63.0 Å². The number of likely N-dealkylation sites (tertiary alicyclic amines) is 1. The molecule has 2 saturated heterocycles. The van der Waals surface area contributed by atoms with Crippen LogP contribution in [-0.4, -0.2) is 63.4 Å². The molecule has 1 aromatic carbocycles. The SMILES string of the molecule is CCCN1CCC(CNC(=O)Nc2cc(C(F)(F)F)ccc2N2CCOCC2)CC1. The molecular formula is C21H31F3N4O2. The fourth-order valence-electron chi connectivity index (χ4n) is 4.03. The van der Waals surface area contributed by atoms with E-state index in [1.807, 2.05) is 4.90 Å². The Labute approximate surface area is 175 Å². The zero-order valence-electron chi connectivity index (χ0n) is 17.4. The Morgan fingerprint density at radius 3 is 2.50 bits per heavy atom. The molecule has 0 aliphatic carbocycles. The summed E-state index contributed by atoms with van der Waals surface area (Å²) in [6.07, 6.45) is -1.30. The Hall–Kier alpha value is -2.00. The molecule has 2 aliphatic rings. The first-order valence-corrected chi connectivity index (χ1v) is 10.7. The normalized spacial score (nSPS) is 19.0. The topological polar surface area (TPSA) is 56.8 Å². The van der Waals surface area contributed by atoms with Gasteiger partial charge in [0.2, 0.25) is 0 Å². The van der Waals surface area contributed by atoms with Crippen LogP contribution in [0.4, 0.5) is 29.3 Å². The third-order valence-corrected chi connectivity index (χ3v) is 5.72. The summed E-state index contributed by atoms with van der Waals surface area (Å²) in [6, 6.07) is 3.01. The highest BCUT2D eigenvalue weighted by atomic mass is 19.4. The van der Waals surface area contributed by atoms with Crippen LogP contribution in [-0.2, 0) is 10.9 Å². The van der Waals surface area contributed by atoms with E-state index in [9.17, 15) is 18.0 Å². The van der Waals surface area contributed by atoms with E-state index < -0.39 is 17.8 Å². The third kappa shape index (κ3) is 6.25. The summed E-state index contributed by atoms with van der Waals surface area (Å²) in [5.74, 6) is 0.393. The molecule has 9 heteroatoms. The molecule has 30 heavy (non-hydrogen) atoms. The van der Waals surface area contributed by atoms with Gasteiger partial charge in [0.1, 0.15) is 0 Å². The second-order valence-electron chi connectivity index (χ2n) is 7.95. The quantitative estimate of drug-likeness (QED) is 0.724. The van der Waals surface area contributed by atoms with E-state index in [0.717, 1.165) is 51.0 Å². The zero-order valence-corrected chi connectivity index (χ0v) is 17.4. The lowest BCUT2D eigenvalue weighted by molar-refractivity contribution is -0.137. The van der Waals surface area contributed by atoms with Gasteiger partial charge in [0.15, 0.2) is 0 Å². The minimum absolute atomic E-state index is 0.169. The van der Waals surface area contributed by atoms with Gasteiger partial charge < -0.3 is 25.2 Å². The third-order valence-electron chi connectivity index (χ3n) is 5.72. The summed E-state index contributed by atoms with van der Waals surface area (Å²) in [7, 11) is 0. The standard InChI is InChI=1S/C21H31F3N4O2/c1-2-7-27-8-5-16(6-9-27)15-25-20(29)26-18-14-17(21(22,23)24)3-4-19(18)28-10-12-30-13-11-28/h3-4,14,16H,2,5-13,15H2,1H3,(H2,25,26,29). The summed E-state index contributed by atoms with van der Waals surface area (Å²) in [5, 5.41) is 5.49. The monoisotopic (exact) mass is 428 g/mol. The number of hydrogen-bond acceptors (Lipinski definition) is 4. The number of hydrogen-bond donors (Lipinski definition) is 2. The fourth-order valence-corrected chi connectivity index (χ4v) is 4.03. The summed E-state index contributed by atoms with van der Waals surface area (Å²) in [5.41, 5.74) is -0.0329. The number of ether oxygens (including phenoxy) is 1. The van der Waals surface area contributed by atoms with Crippen LogP contribution in [0.5, 0.6) is 0 Å². The number of anilines is 2. The Morgan fingerprint density at radius 1 is 1.17 bits per heavy atom. The average molecular weight is 428 g/mol. The molecule has 2 N–H and O–H groups in total. The molecule has 0 bridgehead atoms. The molecule has 0 radical (unpaired) electrons. The van der Waals surface area contributed by atoms with Gasteiger partial charge in [0.05, 0.1) is 30.2 Å². The lowest BCUT2D eigenvalue weighted by Gasteiger charge is -2.32. The highest BCUT2D eigenvalue weighted by Gasteiger charge is 2.32. The number of nitrogens with one attached hydrogen (secondary N) is 2. The van der Waals surface area contributed by atoms with E-state index >= 15 is 0 Å². The van der Waals surface area contributed by atoms with Gasteiger partial charge in [0, 0.05) is 19.6 Å². The lowest BCUT2D eigenvalue weighted by atomic mass is 9.97. The smallest absolute Gasteiger partial charge is 0.378 e. The summed E-state index contributed by atoms with van der Waals surface area (Å²) in [6.45, 7) is 7.98. The van der Waals surface area contributed by atoms with Gasteiger partial charge >= 0.3 is 12.2 Å². The minimum Gasteiger partial charge on any atom is -0.378 e. The minimum atomic E-state index is -4.47. The van der Waals surface area contributed by atoms with E-state index in [2.05, 4.69) is 22.5 Å². The Kier molecular flexibility index (Phi) is 7.82. The molecule has 3 rings (SSSR count). The number of rotatable bonds is 6. The molecule has 1 aromatic rings. The molecule has 0 saturated carbocycles. The molecule has 2 fully saturated rings. The average Bonchev–Trinajstić information content (AvgIpc) is 2.73. The maximum absolute atomic E-state index is 13.2. The predicted octanol–water partition coefficient (Wildman–Crippen LogP) is 3.79. The van der Waals surface area contributed by atoms with Crippen molar-refractivity contribution < 1.29 is 22.7 Å². The van der Waals surface area contributed by atoms with Gasteiger partial charge in [-0.3, -0.25) is 0 Å². The predicted molar refractivity (Wildman–Crippen MR) is 111 cm³/mol. The number of morpholine rings is 1. The lowest BCUT2D eigenvalue weighted by Crippen LogP contribution is -2.40. The van der Waals surface area contributed by atoms with Crippen LogP contribution in [0.25, 0.3) is 0 Å². The maximum Gasteiger partial charge on any atom is 0.416 e. The largest absolute Gasteiger partial charge is 0.416 e. The molecule has 0 unspecified atom stereocenters. The van der Waals surface area contributed by atoms with Gasteiger partial charge in [0.25, 0.3) is 0 Å². The second-order valence-corrected chi connectivity index (χ2v) is 7.95. The van der Waals surface area contributed by atoms with Gasteiger partial charge in [-0.25, -0.2) is 4.79 Å². The highest BCUT2D eigenvalue weighted by Crippen LogP contribution is 2.35. The fraction of sp³-hybridized carbons (Fsp3) is 0.667. The summed E-state index contributed by atoms with van der Waals surface area (Å²) in [4.78, 5) is 16.8. The van der Waals surface area contributed by atoms with Crippen LogP contribution < -0.4 is 15.5 Å². The molecule has 0 atom stereocenters. The van der Waals surface area contributed by atoms with Crippen molar-refractivity contribution in [2.24, 2.45) is 5.92 Å². The van der Waals surface area contributed by atoms with Crippen LogP contribution in [0.15, 0.2) is 18.2 Å². The van der Waals surface area contributed by atoms with E-state index in [-0.39, 0.29) is 5.69 Å². The van der Waals surface area contributed by atoms with Gasteiger partial charge in [-0.2, -0.15) is 13.2 Å². The first-order chi connectivity index (χ1) is 14.4. The van der Waals surface area contributed by atoms with Crippen molar-refractivity contribution in [1.82, 2.24) is 10.2 Å². The number of alkyl halides is 3. The van der Waals surface area contributed by atoms with Crippen LogP contribution in [0, 0.1) is 5.92 Å². The highest BCUT2D eigenvalue weighted by molar-refractivity contribution is 5.93. The van der Waals surface area contributed by atoms with E-state index in [1.54, 1.807) is 0 Å². The first kappa shape index (κ1) is 22.7. The number of benzene rings is 1. The first-order valence-electron chi connectivity index (χ1n) is 10.7. The number of amides is 2. The van der Waals surface area contributed by atoms with Crippen LogP contribution in [0.2, 0.25) is 0 Å². The molecule has 2 heterocycles. The number of carbonyl (C=O) groups is 1. The molecule has 2 aliphatic heterocycles. The van der Waals surface area contributed by atoms with E-state index in [0.29, 0.717) is 44.5 Å². The number of nitrogens with zero attached hydrogens (tertiary/aromatic N) is 2. The number of piperidine rings is 1. The Morgan fingerprint density at radius 2 is 1.87 bits per heavy atom. The zero-order chi connectivity index (χ0) is 21.6. The van der Waals surface area contributed by atoms with E-state index in [1.165, 1.54) is 6.07 Å². The molecular weight excluding hydrogens is 397 g/mol. The van der Waals surface area contributed by atoms with Crippen molar-refractivity contribution in [2.75, 3.05) is 62.7 Å². The number of urea groups is 1. The molecule has 168 valence electrons. The van der Waals surface area contributed by atoms with Crippen molar-refractivity contribution in [1.29, 1.82) is 0 Å². The molecule has 0 aromatic heterocycles. The molecule has 0 spiro atoms.